The van der Waals surface area contributed by atoms with Crippen LogP contribution in [0.1, 0.15) is 76.6 Å². The second-order valence-corrected chi connectivity index (χ2v) is 16.9. The molecule has 9 rings (SSSR count). The van der Waals surface area contributed by atoms with Crippen LogP contribution in [-0.4, -0.2) is 6.04 Å². The maximum Gasteiger partial charge on any atom is 0.0497 e. The third-order valence-electron chi connectivity index (χ3n) is 12.7. The van der Waals surface area contributed by atoms with Crippen LogP contribution in [-0.2, 0) is 10.8 Å². The number of nitrogens with zero attached hydrogens (tertiary/aromatic N) is 2. The van der Waals surface area contributed by atoms with Crippen molar-refractivity contribution in [3.63, 3.8) is 0 Å². The molecule has 282 valence electrons. The van der Waals surface area contributed by atoms with Crippen LogP contribution in [0, 0.1) is 0 Å². The quantitative estimate of drug-likeness (QED) is 0.136. The van der Waals surface area contributed by atoms with Crippen LogP contribution in [0.3, 0.4) is 0 Å². The zero-order chi connectivity index (χ0) is 39.3. The standard InChI is InChI=1S/C55H52N2/c1-7-8-10-17-38(2)56(44-32-34-48-46-20-13-15-22-50(46)54(3,4)52(48)36-44)42-28-24-39(25-29-42)40-26-30-43(31-27-40)57(41-18-11-9-12-19-41)45-33-35-49-47-21-14-16-23-51(47)55(5,6)53(49)37-45/h7-11,13-18,20-38H,12,19H2,1-6H3/b8-7-,17-10-. The topological polar surface area (TPSA) is 6.48 Å². The second kappa shape index (κ2) is 14.4. The Labute approximate surface area is 339 Å². The zero-order valence-electron chi connectivity index (χ0n) is 34.1. The Morgan fingerprint density at radius 3 is 1.61 bits per heavy atom. The smallest absolute Gasteiger partial charge is 0.0497 e. The summed E-state index contributed by atoms with van der Waals surface area (Å²) in [5.74, 6) is 0. The molecule has 0 saturated heterocycles. The summed E-state index contributed by atoms with van der Waals surface area (Å²) in [7, 11) is 0. The van der Waals surface area contributed by atoms with Gasteiger partial charge in [-0.1, -0.05) is 149 Å². The van der Waals surface area contributed by atoms with Crippen molar-refractivity contribution in [2.24, 2.45) is 0 Å². The first-order chi connectivity index (χ1) is 27.7. The molecule has 0 N–H and O–H groups in total. The Kier molecular flexibility index (Phi) is 9.24. The molecule has 6 aromatic rings. The Morgan fingerprint density at radius 2 is 1.05 bits per heavy atom. The van der Waals surface area contributed by atoms with Gasteiger partial charge in [0.1, 0.15) is 0 Å². The molecule has 0 bridgehead atoms. The molecule has 0 aliphatic heterocycles. The molecule has 0 spiro atoms. The minimum atomic E-state index is -0.0591. The van der Waals surface area contributed by atoms with Gasteiger partial charge in [0.05, 0.1) is 0 Å². The largest absolute Gasteiger partial charge is 0.335 e. The van der Waals surface area contributed by atoms with Crippen LogP contribution in [0.15, 0.2) is 182 Å². The van der Waals surface area contributed by atoms with E-state index in [-0.39, 0.29) is 16.9 Å². The minimum Gasteiger partial charge on any atom is -0.335 e. The van der Waals surface area contributed by atoms with Crippen molar-refractivity contribution in [2.75, 3.05) is 9.80 Å². The normalized spacial score (nSPS) is 16.2. The van der Waals surface area contributed by atoms with Gasteiger partial charge >= 0.3 is 0 Å². The summed E-state index contributed by atoms with van der Waals surface area (Å²) in [6, 6.07) is 50.3. The number of allylic oxidation sites excluding steroid dienone is 7. The first-order valence-corrected chi connectivity index (χ1v) is 20.6. The second-order valence-electron chi connectivity index (χ2n) is 16.9. The molecule has 0 heterocycles. The molecule has 0 aromatic heterocycles. The lowest BCUT2D eigenvalue weighted by molar-refractivity contribution is 0.660. The van der Waals surface area contributed by atoms with Gasteiger partial charge in [-0.2, -0.15) is 0 Å². The average molecular weight is 741 g/mol. The van der Waals surface area contributed by atoms with Gasteiger partial charge in [0.15, 0.2) is 0 Å². The van der Waals surface area contributed by atoms with Gasteiger partial charge in [-0.25, -0.2) is 0 Å². The molecule has 6 aromatic carbocycles. The highest BCUT2D eigenvalue weighted by atomic mass is 15.2. The van der Waals surface area contributed by atoms with E-state index in [2.05, 4.69) is 227 Å². The number of fused-ring (bicyclic) bond motifs is 6. The Bertz CT molecular complexity index is 2590. The number of anilines is 4. The fourth-order valence-electron chi connectivity index (χ4n) is 9.59. The lowest BCUT2D eigenvalue weighted by Crippen LogP contribution is -2.27. The summed E-state index contributed by atoms with van der Waals surface area (Å²) < 4.78 is 0. The first kappa shape index (κ1) is 36.5. The highest BCUT2D eigenvalue weighted by Gasteiger charge is 2.37. The molecule has 0 saturated carbocycles. The highest BCUT2D eigenvalue weighted by Crippen LogP contribution is 2.52. The summed E-state index contributed by atoms with van der Waals surface area (Å²) in [5.41, 5.74) is 19.4. The number of hydrogen-bond donors (Lipinski definition) is 0. The van der Waals surface area contributed by atoms with E-state index in [1.54, 1.807) is 0 Å². The van der Waals surface area contributed by atoms with Crippen LogP contribution in [0.5, 0.6) is 0 Å². The number of hydrogen-bond acceptors (Lipinski definition) is 2. The summed E-state index contributed by atoms with van der Waals surface area (Å²) >= 11 is 0. The number of rotatable bonds is 9. The van der Waals surface area contributed by atoms with Crippen LogP contribution < -0.4 is 9.80 Å². The van der Waals surface area contributed by atoms with E-state index in [9.17, 15) is 0 Å². The van der Waals surface area contributed by atoms with E-state index in [1.165, 1.54) is 84.1 Å². The summed E-state index contributed by atoms with van der Waals surface area (Å²) in [5, 5.41) is 0. The molecule has 1 unspecified atom stereocenters. The fourth-order valence-corrected chi connectivity index (χ4v) is 9.59. The Morgan fingerprint density at radius 1 is 0.544 bits per heavy atom. The van der Waals surface area contributed by atoms with E-state index in [0.717, 1.165) is 12.8 Å². The predicted octanol–water partition coefficient (Wildman–Crippen LogP) is 15.0. The van der Waals surface area contributed by atoms with Crippen molar-refractivity contribution in [1.82, 2.24) is 0 Å². The molecule has 2 heteroatoms. The first-order valence-electron chi connectivity index (χ1n) is 20.6. The molecule has 0 amide bonds. The zero-order valence-corrected chi connectivity index (χ0v) is 34.1. The van der Waals surface area contributed by atoms with Crippen LogP contribution in [0.4, 0.5) is 22.7 Å². The van der Waals surface area contributed by atoms with Crippen molar-refractivity contribution < 1.29 is 0 Å². The summed E-state index contributed by atoms with van der Waals surface area (Å²) in [6.45, 7) is 13.8. The van der Waals surface area contributed by atoms with Crippen molar-refractivity contribution in [3.8, 4) is 33.4 Å². The average Bonchev–Trinajstić information content (AvgIpc) is 3.61. The van der Waals surface area contributed by atoms with Crippen molar-refractivity contribution in [2.45, 2.75) is 71.3 Å². The van der Waals surface area contributed by atoms with Crippen LogP contribution in [0.2, 0.25) is 0 Å². The molecule has 0 radical (unpaired) electrons. The molecule has 2 nitrogen and oxygen atoms in total. The third-order valence-corrected chi connectivity index (χ3v) is 12.7. The molecular weight excluding hydrogens is 689 g/mol. The molecular formula is C55H52N2. The van der Waals surface area contributed by atoms with Crippen molar-refractivity contribution in [1.29, 1.82) is 0 Å². The van der Waals surface area contributed by atoms with Crippen LogP contribution >= 0.6 is 0 Å². The Balaban J connectivity index is 1.04. The van der Waals surface area contributed by atoms with Gasteiger partial charge in [0.2, 0.25) is 0 Å². The third kappa shape index (κ3) is 6.29. The summed E-state index contributed by atoms with van der Waals surface area (Å²) in [4.78, 5) is 4.93. The highest BCUT2D eigenvalue weighted by molar-refractivity contribution is 5.85. The van der Waals surface area contributed by atoms with Gasteiger partial charge in [0, 0.05) is 45.3 Å². The summed E-state index contributed by atoms with van der Waals surface area (Å²) in [6.07, 6.45) is 17.4. The van der Waals surface area contributed by atoms with E-state index >= 15 is 0 Å². The lowest BCUT2D eigenvalue weighted by atomic mass is 9.82. The van der Waals surface area contributed by atoms with Gasteiger partial charge < -0.3 is 9.80 Å². The van der Waals surface area contributed by atoms with E-state index in [0.29, 0.717) is 0 Å². The number of benzene rings is 6. The molecule has 1 atom stereocenters. The monoisotopic (exact) mass is 740 g/mol. The van der Waals surface area contributed by atoms with Gasteiger partial charge in [-0.05, 0) is 137 Å². The van der Waals surface area contributed by atoms with Crippen LogP contribution in [0.25, 0.3) is 33.4 Å². The van der Waals surface area contributed by atoms with E-state index in [4.69, 9.17) is 0 Å². The fraction of sp³-hybridized carbons (Fsp3) is 0.200. The van der Waals surface area contributed by atoms with E-state index in [1.807, 2.05) is 0 Å². The SMILES string of the molecule is C/C=C\C=C/C(C)N(c1ccc(-c2ccc(N(C3=CC=CCC3)c3ccc4c(c3)C(C)(C)c3ccccc3-4)cc2)cc1)c1ccc2c(c1)C(C)(C)c1ccccc1-2. The van der Waals surface area contributed by atoms with Crippen molar-refractivity contribution in [3.05, 3.63) is 204 Å². The van der Waals surface area contributed by atoms with Gasteiger partial charge in [-0.3, -0.25) is 0 Å². The Hall–Kier alpha value is -6.12. The molecule has 3 aliphatic carbocycles. The van der Waals surface area contributed by atoms with Gasteiger partial charge in [-0.15, -0.1) is 0 Å². The molecule has 0 fully saturated rings. The van der Waals surface area contributed by atoms with Gasteiger partial charge in [0.25, 0.3) is 0 Å². The molecule has 3 aliphatic rings. The maximum absolute atomic E-state index is 2.47. The van der Waals surface area contributed by atoms with Crippen molar-refractivity contribution >= 4 is 22.7 Å². The minimum absolute atomic E-state index is 0.0519. The van der Waals surface area contributed by atoms with E-state index < -0.39 is 0 Å². The molecule has 57 heavy (non-hydrogen) atoms. The lowest BCUT2D eigenvalue weighted by Gasteiger charge is -2.32. The maximum atomic E-state index is 2.47. The predicted molar refractivity (Wildman–Crippen MR) is 244 cm³/mol.